The molecule has 1 aliphatic rings. The molecule has 100 valence electrons. The first-order valence-electron chi connectivity index (χ1n) is 5.93. The van der Waals surface area contributed by atoms with E-state index >= 15 is 0 Å². The van der Waals surface area contributed by atoms with Crippen molar-refractivity contribution in [3.05, 3.63) is 27.3 Å². The van der Waals surface area contributed by atoms with Gasteiger partial charge in [0.2, 0.25) is 11.8 Å². The third-order valence-electron chi connectivity index (χ3n) is 3.14. The van der Waals surface area contributed by atoms with Crippen LogP contribution in [0.3, 0.4) is 0 Å². The standard InChI is InChI=1S/C13H14IN3O2/c1-16-12-7(3-2-4-9(12)14)11(15)8-5-6-10(18)17-13(8)19/h2-4,8,15-16H,5-6H2,1H3,(H,17,18,19). The van der Waals surface area contributed by atoms with E-state index in [1.165, 1.54) is 0 Å². The summed E-state index contributed by atoms with van der Waals surface area (Å²) in [5, 5.41) is 13.6. The van der Waals surface area contributed by atoms with Gasteiger partial charge in [-0.2, -0.15) is 0 Å². The van der Waals surface area contributed by atoms with Crippen LogP contribution in [-0.4, -0.2) is 24.6 Å². The number of hydrogen-bond donors (Lipinski definition) is 3. The molecule has 19 heavy (non-hydrogen) atoms. The van der Waals surface area contributed by atoms with Gasteiger partial charge in [0.25, 0.3) is 0 Å². The number of anilines is 1. The first-order valence-corrected chi connectivity index (χ1v) is 7.01. The fourth-order valence-corrected chi connectivity index (χ4v) is 2.93. The monoisotopic (exact) mass is 371 g/mol. The van der Waals surface area contributed by atoms with Gasteiger partial charge in [-0.1, -0.05) is 12.1 Å². The van der Waals surface area contributed by atoms with Crippen molar-refractivity contribution in [3.8, 4) is 0 Å². The van der Waals surface area contributed by atoms with E-state index in [2.05, 4.69) is 33.2 Å². The molecule has 1 aromatic rings. The van der Waals surface area contributed by atoms with E-state index < -0.39 is 5.92 Å². The van der Waals surface area contributed by atoms with Crippen molar-refractivity contribution >= 4 is 45.8 Å². The molecule has 0 saturated carbocycles. The van der Waals surface area contributed by atoms with Crippen molar-refractivity contribution in [2.24, 2.45) is 5.92 Å². The van der Waals surface area contributed by atoms with Crippen LogP contribution in [0.25, 0.3) is 0 Å². The smallest absolute Gasteiger partial charge is 0.235 e. The number of amides is 2. The zero-order valence-electron chi connectivity index (χ0n) is 10.4. The Kier molecular flexibility index (Phi) is 4.18. The van der Waals surface area contributed by atoms with Crippen LogP contribution in [0, 0.1) is 14.9 Å². The van der Waals surface area contributed by atoms with Gasteiger partial charge in [-0.3, -0.25) is 14.9 Å². The van der Waals surface area contributed by atoms with E-state index in [4.69, 9.17) is 5.41 Å². The van der Waals surface area contributed by atoms with E-state index in [9.17, 15) is 9.59 Å². The first-order chi connectivity index (χ1) is 9.04. The molecule has 1 aromatic carbocycles. The molecule has 3 N–H and O–H groups in total. The number of rotatable bonds is 3. The van der Waals surface area contributed by atoms with Gasteiger partial charge in [-0.15, -0.1) is 0 Å². The molecule has 1 unspecified atom stereocenters. The highest BCUT2D eigenvalue weighted by Gasteiger charge is 2.31. The van der Waals surface area contributed by atoms with Crippen molar-refractivity contribution in [3.63, 3.8) is 0 Å². The highest BCUT2D eigenvalue weighted by atomic mass is 127. The molecule has 2 amide bonds. The number of carbonyl (C=O) groups is 2. The molecule has 1 aliphatic heterocycles. The first kappa shape index (κ1) is 14.0. The Hall–Kier alpha value is -1.44. The van der Waals surface area contributed by atoms with Crippen LogP contribution in [0.15, 0.2) is 18.2 Å². The number of nitrogens with one attached hydrogen (secondary N) is 3. The number of hydrogen-bond acceptors (Lipinski definition) is 4. The second-order valence-corrected chi connectivity index (χ2v) is 5.49. The normalized spacial score (nSPS) is 18.9. The second-order valence-electron chi connectivity index (χ2n) is 4.33. The Morgan fingerprint density at radius 3 is 2.84 bits per heavy atom. The minimum atomic E-state index is -0.553. The number of carbonyl (C=O) groups excluding carboxylic acids is 2. The van der Waals surface area contributed by atoms with Gasteiger partial charge in [0.15, 0.2) is 0 Å². The fraction of sp³-hybridized carbons (Fsp3) is 0.308. The third kappa shape index (κ3) is 2.78. The predicted molar refractivity (Wildman–Crippen MR) is 81.4 cm³/mol. The summed E-state index contributed by atoms with van der Waals surface area (Å²) in [6.45, 7) is 0. The van der Waals surface area contributed by atoms with Gasteiger partial charge in [-0.25, -0.2) is 0 Å². The summed E-state index contributed by atoms with van der Waals surface area (Å²) in [5.41, 5.74) is 1.81. The Bertz CT molecular complexity index is 557. The van der Waals surface area contributed by atoms with Crippen molar-refractivity contribution in [1.29, 1.82) is 5.41 Å². The van der Waals surface area contributed by atoms with Crippen LogP contribution in [-0.2, 0) is 9.59 Å². The molecule has 0 bridgehead atoms. The van der Waals surface area contributed by atoms with Gasteiger partial charge in [0.05, 0.1) is 17.3 Å². The summed E-state index contributed by atoms with van der Waals surface area (Å²) in [6.07, 6.45) is 0.690. The lowest BCUT2D eigenvalue weighted by molar-refractivity contribution is -0.134. The van der Waals surface area contributed by atoms with E-state index in [-0.39, 0.29) is 23.9 Å². The molecule has 1 heterocycles. The molecule has 1 atom stereocenters. The highest BCUT2D eigenvalue weighted by molar-refractivity contribution is 14.1. The maximum absolute atomic E-state index is 11.8. The van der Waals surface area contributed by atoms with Gasteiger partial charge >= 0.3 is 0 Å². The van der Waals surface area contributed by atoms with Gasteiger partial charge < -0.3 is 10.7 Å². The Balaban J connectivity index is 2.32. The van der Waals surface area contributed by atoms with Crippen LogP contribution in [0.4, 0.5) is 5.69 Å². The lowest BCUT2D eigenvalue weighted by Crippen LogP contribution is -2.44. The molecule has 0 radical (unpaired) electrons. The Morgan fingerprint density at radius 1 is 1.47 bits per heavy atom. The van der Waals surface area contributed by atoms with Gasteiger partial charge in [0, 0.05) is 22.6 Å². The van der Waals surface area contributed by atoms with E-state index in [1.807, 2.05) is 18.2 Å². The second kappa shape index (κ2) is 5.68. The average molecular weight is 371 g/mol. The maximum Gasteiger partial charge on any atom is 0.235 e. The quantitative estimate of drug-likeness (QED) is 0.430. The predicted octanol–water partition coefficient (Wildman–Crippen LogP) is 1.75. The summed E-state index contributed by atoms with van der Waals surface area (Å²) >= 11 is 2.18. The zero-order valence-corrected chi connectivity index (χ0v) is 12.6. The van der Waals surface area contributed by atoms with E-state index in [1.54, 1.807) is 7.05 Å². The number of para-hydroxylation sites is 1. The third-order valence-corrected chi connectivity index (χ3v) is 4.04. The fourth-order valence-electron chi connectivity index (χ4n) is 2.16. The highest BCUT2D eigenvalue weighted by Crippen LogP contribution is 2.27. The summed E-state index contributed by atoms with van der Waals surface area (Å²) in [5.74, 6) is -1.18. The molecule has 5 nitrogen and oxygen atoms in total. The topological polar surface area (TPSA) is 82.1 Å². The van der Waals surface area contributed by atoms with Crippen LogP contribution in [0.5, 0.6) is 0 Å². The summed E-state index contributed by atoms with van der Waals surface area (Å²) in [4.78, 5) is 22.9. The van der Waals surface area contributed by atoms with Crippen molar-refractivity contribution in [2.75, 3.05) is 12.4 Å². The van der Waals surface area contributed by atoms with Gasteiger partial charge in [0.1, 0.15) is 0 Å². The summed E-state index contributed by atoms with van der Waals surface area (Å²) in [6, 6.07) is 5.62. The van der Waals surface area contributed by atoms with Crippen LogP contribution in [0.1, 0.15) is 18.4 Å². The molecule has 0 aliphatic carbocycles. The van der Waals surface area contributed by atoms with E-state index in [0.717, 1.165) is 9.26 Å². The molecule has 1 fully saturated rings. The van der Waals surface area contributed by atoms with Crippen LogP contribution >= 0.6 is 22.6 Å². The molecule has 1 saturated heterocycles. The molecule has 0 spiro atoms. The zero-order chi connectivity index (χ0) is 14.0. The minimum absolute atomic E-state index is 0.257. The van der Waals surface area contributed by atoms with E-state index in [0.29, 0.717) is 12.0 Å². The Labute approximate surface area is 124 Å². The minimum Gasteiger partial charge on any atom is -0.387 e. The molecule has 0 aromatic heterocycles. The number of benzene rings is 1. The number of halogens is 1. The summed E-state index contributed by atoms with van der Waals surface area (Å²) in [7, 11) is 1.79. The summed E-state index contributed by atoms with van der Waals surface area (Å²) < 4.78 is 0.995. The molecular weight excluding hydrogens is 357 g/mol. The van der Waals surface area contributed by atoms with Crippen molar-refractivity contribution < 1.29 is 9.59 Å². The number of imide groups is 1. The van der Waals surface area contributed by atoms with Gasteiger partial charge in [-0.05, 0) is 35.1 Å². The van der Waals surface area contributed by atoms with Crippen LogP contribution in [0.2, 0.25) is 0 Å². The molecule has 2 rings (SSSR count). The molecular formula is C13H14IN3O2. The lowest BCUT2D eigenvalue weighted by atomic mass is 9.88. The van der Waals surface area contributed by atoms with Crippen LogP contribution < -0.4 is 10.6 Å². The Morgan fingerprint density at radius 2 is 2.21 bits per heavy atom. The lowest BCUT2D eigenvalue weighted by Gasteiger charge is -2.23. The number of piperidine rings is 1. The van der Waals surface area contributed by atoms with Crippen molar-refractivity contribution in [2.45, 2.75) is 12.8 Å². The van der Waals surface area contributed by atoms with Crippen molar-refractivity contribution in [1.82, 2.24) is 5.32 Å². The average Bonchev–Trinajstić information content (AvgIpc) is 2.37. The SMILES string of the molecule is CNc1c(I)cccc1C(=N)C1CCC(=O)NC1=O. The molecule has 6 heteroatoms. The largest absolute Gasteiger partial charge is 0.387 e. The maximum atomic E-state index is 11.8.